The molecule has 0 amide bonds. The molecule has 21 heavy (non-hydrogen) atoms. The summed E-state index contributed by atoms with van der Waals surface area (Å²) in [6, 6.07) is 0. The van der Waals surface area contributed by atoms with Crippen molar-refractivity contribution in [3.8, 4) is 0 Å². The number of carboxylic acids is 2. The summed E-state index contributed by atoms with van der Waals surface area (Å²) in [5, 5.41) is 15.6. The van der Waals surface area contributed by atoms with Crippen LogP contribution >= 0.6 is 0 Å². The number of alkyl halides is 3. The van der Waals surface area contributed by atoms with Gasteiger partial charge in [-0.15, -0.1) is 0 Å². The quantitative estimate of drug-likeness (QED) is 0.724. The summed E-state index contributed by atoms with van der Waals surface area (Å²) in [6.45, 7) is 4.82. The minimum atomic E-state index is -5.08. The molecular formula is C12H20F3NO5. The number of carboxylic acid groups (broad SMARTS) is 2. The van der Waals surface area contributed by atoms with Gasteiger partial charge in [-0.1, -0.05) is 6.42 Å². The third-order valence-corrected chi connectivity index (χ3v) is 2.71. The van der Waals surface area contributed by atoms with Crippen LogP contribution < -0.4 is 0 Å². The van der Waals surface area contributed by atoms with Crippen LogP contribution in [0, 0.1) is 0 Å². The van der Waals surface area contributed by atoms with Gasteiger partial charge in [0.15, 0.2) is 0 Å². The van der Waals surface area contributed by atoms with E-state index in [1.807, 2.05) is 0 Å². The molecule has 1 rings (SSSR count). The van der Waals surface area contributed by atoms with Crippen LogP contribution in [0.25, 0.3) is 0 Å². The minimum Gasteiger partial charge on any atom is -0.481 e. The fourth-order valence-corrected chi connectivity index (χ4v) is 1.61. The van der Waals surface area contributed by atoms with E-state index < -0.39 is 18.1 Å². The maximum absolute atomic E-state index is 10.6. The van der Waals surface area contributed by atoms with Crippen LogP contribution in [0.4, 0.5) is 13.2 Å². The average molecular weight is 315 g/mol. The Labute approximate surface area is 120 Å². The van der Waals surface area contributed by atoms with Crippen molar-refractivity contribution in [3.63, 3.8) is 0 Å². The Morgan fingerprint density at radius 1 is 1.05 bits per heavy atom. The van der Waals surface area contributed by atoms with Gasteiger partial charge in [-0.25, -0.2) is 4.79 Å². The molecule has 1 aliphatic heterocycles. The van der Waals surface area contributed by atoms with Crippen LogP contribution in [0.15, 0.2) is 0 Å². The first kappa shape index (κ1) is 19.7. The monoisotopic (exact) mass is 315 g/mol. The molecule has 0 unspecified atom stereocenters. The molecule has 0 aliphatic carbocycles. The second-order valence-corrected chi connectivity index (χ2v) is 4.46. The van der Waals surface area contributed by atoms with Gasteiger partial charge in [0.05, 0.1) is 13.2 Å². The van der Waals surface area contributed by atoms with E-state index in [2.05, 4.69) is 4.90 Å². The number of unbranched alkanes of at least 4 members (excludes halogenated alkanes) is 2. The number of ether oxygens (including phenoxy) is 1. The van der Waals surface area contributed by atoms with Gasteiger partial charge in [0.1, 0.15) is 0 Å². The molecule has 0 saturated carbocycles. The van der Waals surface area contributed by atoms with Crippen LogP contribution in [-0.4, -0.2) is 66.1 Å². The van der Waals surface area contributed by atoms with Gasteiger partial charge in [0.25, 0.3) is 0 Å². The zero-order valence-corrected chi connectivity index (χ0v) is 11.6. The Balaban J connectivity index is 0.000000486. The lowest BCUT2D eigenvalue weighted by Gasteiger charge is -2.26. The molecule has 1 fully saturated rings. The van der Waals surface area contributed by atoms with Crippen molar-refractivity contribution in [3.05, 3.63) is 0 Å². The first-order chi connectivity index (χ1) is 9.73. The van der Waals surface area contributed by atoms with Crippen LogP contribution in [0.5, 0.6) is 0 Å². The molecule has 2 N–H and O–H groups in total. The highest BCUT2D eigenvalue weighted by atomic mass is 19.4. The summed E-state index contributed by atoms with van der Waals surface area (Å²) in [5.41, 5.74) is 0. The Morgan fingerprint density at radius 3 is 2.00 bits per heavy atom. The summed E-state index contributed by atoms with van der Waals surface area (Å²) < 4.78 is 37.0. The SMILES string of the molecule is O=C(O)C(F)(F)F.O=C(O)CCCCCN1CCOCC1. The molecule has 1 saturated heterocycles. The number of rotatable bonds is 6. The number of morpholine rings is 1. The van der Waals surface area contributed by atoms with Gasteiger partial charge < -0.3 is 14.9 Å². The molecule has 9 heteroatoms. The standard InChI is InChI=1S/C10H19NO3.C2HF3O2/c12-10(13)4-2-1-3-5-11-6-8-14-9-7-11;3-2(4,5)1(6)7/h1-9H2,(H,12,13);(H,6,7). The van der Waals surface area contributed by atoms with Gasteiger partial charge in [0, 0.05) is 19.5 Å². The van der Waals surface area contributed by atoms with E-state index in [-0.39, 0.29) is 0 Å². The summed E-state index contributed by atoms with van der Waals surface area (Å²) >= 11 is 0. The average Bonchev–Trinajstić information content (AvgIpc) is 2.39. The van der Waals surface area contributed by atoms with Crippen molar-refractivity contribution in [2.45, 2.75) is 31.9 Å². The van der Waals surface area contributed by atoms with E-state index in [1.54, 1.807) is 0 Å². The molecule has 0 aromatic carbocycles. The summed E-state index contributed by atoms with van der Waals surface area (Å²) in [6.07, 6.45) is -1.85. The molecule has 6 nitrogen and oxygen atoms in total. The van der Waals surface area contributed by atoms with E-state index in [1.165, 1.54) is 0 Å². The van der Waals surface area contributed by atoms with Gasteiger partial charge in [-0.3, -0.25) is 9.69 Å². The molecule has 0 bridgehead atoms. The smallest absolute Gasteiger partial charge is 0.481 e. The first-order valence-electron chi connectivity index (χ1n) is 6.55. The summed E-state index contributed by atoms with van der Waals surface area (Å²) in [4.78, 5) is 21.5. The van der Waals surface area contributed by atoms with Gasteiger partial charge in [-0.2, -0.15) is 13.2 Å². The number of halogens is 3. The Kier molecular flexibility index (Phi) is 9.72. The largest absolute Gasteiger partial charge is 0.490 e. The van der Waals surface area contributed by atoms with E-state index >= 15 is 0 Å². The van der Waals surface area contributed by atoms with Crippen molar-refractivity contribution in [2.75, 3.05) is 32.8 Å². The van der Waals surface area contributed by atoms with Crippen molar-refractivity contribution < 1.29 is 37.7 Å². The van der Waals surface area contributed by atoms with E-state index in [4.69, 9.17) is 19.7 Å². The minimum absolute atomic E-state index is 0.309. The second-order valence-electron chi connectivity index (χ2n) is 4.46. The van der Waals surface area contributed by atoms with Crippen LogP contribution in [-0.2, 0) is 14.3 Å². The van der Waals surface area contributed by atoms with E-state index in [0.29, 0.717) is 6.42 Å². The molecule has 0 spiro atoms. The normalized spacial score (nSPS) is 16.0. The lowest BCUT2D eigenvalue weighted by molar-refractivity contribution is -0.192. The third-order valence-electron chi connectivity index (χ3n) is 2.71. The topological polar surface area (TPSA) is 87.1 Å². The number of hydrogen-bond donors (Lipinski definition) is 2. The zero-order chi connectivity index (χ0) is 16.3. The highest BCUT2D eigenvalue weighted by Gasteiger charge is 2.38. The Morgan fingerprint density at radius 2 is 1.57 bits per heavy atom. The molecule has 1 aliphatic rings. The second kappa shape index (κ2) is 10.4. The van der Waals surface area contributed by atoms with Gasteiger partial charge >= 0.3 is 18.1 Å². The van der Waals surface area contributed by atoms with Crippen LogP contribution in [0.3, 0.4) is 0 Å². The molecular weight excluding hydrogens is 295 g/mol. The van der Waals surface area contributed by atoms with Gasteiger partial charge in [0.2, 0.25) is 0 Å². The lowest BCUT2D eigenvalue weighted by Crippen LogP contribution is -2.36. The highest BCUT2D eigenvalue weighted by Crippen LogP contribution is 2.13. The van der Waals surface area contributed by atoms with Crippen molar-refractivity contribution in [1.29, 1.82) is 0 Å². The summed E-state index contributed by atoms with van der Waals surface area (Å²) in [5.74, 6) is -3.44. The number of hydrogen-bond acceptors (Lipinski definition) is 4. The highest BCUT2D eigenvalue weighted by molar-refractivity contribution is 5.73. The number of carbonyl (C=O) groups is 2. The molecule has 0 aromatic rings. The predicted molar refractivity (Wildman–Crippen MR) is 67.1 cm³/mol. The van der Waals surface area contributed by atoms with Crippen molar-refractivity contribution in [2.24, 2.45) is 0 Å². The predicted octanol–water partition coefficient (Wildman–Crippen LogP) is 1.60. The third kappa shape index (κ3) is 12.1. The van der Waals surface area contributed by atoms with Crippen molar-refractivity contribution >= 4 is 11.9 Å². The molecule has 1 heterocycles. The van der Waals surface area contributed by atoms with Crippen molar-refractivity contribution in [1.82, 2.24) is 4.90 Å². The molecule has 0 radical (unpaired) electrons. The van der Waals surface area contributed by atoms with E-state index in [0.717, 1.165) is 52.1 Å². The fraction of sp³-hybridized carbons (Fsp3) is 0.833. The first-order valence-corrected chi connectivity index (χ1v) is 6.55. The van der Waals surface area contributed by atoms with Gasteiger partial charge in [-0.05, 0) is 19.4 Å². The Hall–Kier alpha value is -1.35. The summed E-state index contributed by atoms with van der Waals surface area (Å²) in [7, 11) is 0. The fourth-order valence-electron chi connectivity index (χ4n) is 1.61. The number of aliphatic carboxylic acids is 2. The molecule has 124 valence electrons. The lowest BCUT2D eigenvalue weighted by atomic mass is 10.2. The maximum atomic E-state index is 10.6. The molecule has 0 aromatic heterocycles. The Bertz CT molecular complexity index is 317. The van der Waals surface area contributed by atoms with Crippen LogP contribution in [0.2, 0.25) is 0 Å². The van der Waals surface area contributed by atoms with Crippen LogP contribution in [0.1, 0.15) is 25.7 Å². The number of nitrogens with zero attached hydrogens (tertiary/aromatic N) is 1. The zero-order valence-electron chi connectivity index (χ0n) is 11.6. The molecule has 0 atom stereocenters. The van der Waals surface area contributed by atoms with E-state index in [9.17, 15) is 18.0 Å². The maximum Gasteiger partial charge on any atom is 0.490 e.